The minimum absolute atomic E-state index is 0.235. The topological polar surface area (TPSA) is 154 Å². The maximum Gasteiger partial charge on any atom is 0.333 e. The van der Waals surface area contributed by atoms with E-state index in [4.69, 9.17) is 33.1 Å². The molecule has 0 unspecified atom stereocenters. The number of benzene rings is 1. The van der Waals surface area contributed by atoms with Gasteiger partial charge in [0, 0.05) is 35.2 Å². The second kappa shape index (κ2) is 10.8. The molecule has 2 aliphatic rings. The predicted molar refractivity (Wildman–Crippen MR) is 143 cm³/mol. The van der Waals surface area contributed by atoms with Gasteiger partial charge in [0.05, 0.1) is 29.8 Å². The van der Waals surface area contributed by atoms with Crippen molar-refractivity contribution >= 4 is 56.4 Å². The fraction of sp³-hybridized carbons (Fsp3) is 0.375. The number of ketones is 1. The molecule has 1 aliphatic carbocycles. The molecule has 0 radical (unpaired) electrons. The standard InChI is InChI=1S/C24H24Cl2N4O6S2/c25-15-3-1-2-14(7-15)24(4-5-35-24)18-9-20(37-22(18)26)21(32)17-10-28-12-29-23(17)30-16-6-13(19(31)8-16)11-36-38(27,33)34/h1-3,7,9-10,12-13,16,19,31H,4-6,8,11H2,(H2,27,33,34)(H,28,29,30)/t13-,16-,19+,24-/m1/s1. The highest BCUT2D eigenvalue weighted by Gasteiger charge is 2.45. The van der Waals surface area contributed by atoms with E-state index in [2.05, 4.69) is 19.5 Å². The molecule has 202 valence electrons. The summed E-state index contributed by atoms with van der Waals surface area (Å²) in [5, 5.41) is 19.0. The van der Waals surface area contributed by atoms with E-state index in [1.165, 1.54) is 12.5 Å². The van der Waals surface area contributed by atoms with Crippen LogP contribution in [-0.4, -0.2) is 54.6 Å². The highest BCUT2D eigenvalue weighted by Crippen LogP contribution is 2.49. The summed E-state index contributed by atoms with van der Waals surface area (Å²) in [5.74, 6) is -0.471. The van der Waals surface area contributed by atoms with Gasteiger partial charge in [0.1, 0.15) is 22.1 Å². The zero-order valence-corrected chi connectivity index (χ0v) is 23.0. The van der Waals surface area contributed by atoms with E-state index in [0.717, 1.165) is 16.9 Å². The van der Waals surface area contributed by atoms with Crippen LogP contribution in [0, 0.1) is 5.92 Å². The summed E-state index contributed by atoms with van der Waals surface area (Å²) in [6.07, 6.45) is 3.32. The minimum atomic E-state index is -4.11. The van der Waals surface area contributed by atoms with E-state index in [9.17, 15) is 18.3 Å². The van der Waals surface area contributed by atoms with Crippen LogP contribution in [0.1, 0.15) is 45.6 Å². The number of nitrogens with zero attached hydrogens (tertiary/aromatic N) is 2. The number of aliphatic hydroxyl groups is 1. The van der Waals surface area contributed by atoms with Crippen molar-refractivity contribution in [2.24, 2.45) is 11.1 Å². The molecule has 1 saturated carbocycles. The monoisotopic (exact) mass is 598 g/mol. The Labute approximate surface area is 233 Å². The minimum Gasteiger partial charge on any atom is -0.393 e. The van der Waals surface area contributed by atoms with Crippen LogP contribution in [0.4, 0.5) is 5.82 Å². The number of anilines is 1. The first-order valence-electron chi connectivity index (χ1n) is 11.7. The first kappa shape index (κ1) is 27.4. The van der Waals surface area contributed by atoms with Crippen molar-refractivity contribution in [1.29, 1.82) is 0 Å². The van der Waals surface area contributed by atoms with Gasteiger partial charge in [-0.1, -0.05) is 35.3 Å². The number of ether oxygens (including phenoxy) is 1. The highest BCUT2D eigenvalue weighted by molar-refractivity contribution is 7.84. The number of hydrogen-bond acceptors (Lipinski definition) is 10. The van der Waals surface area contributed by atoms with E-state index in [1.54, 1.807) is 12.1 Å². The van der Waals surface area contributed by atoms with Gasteiger partial charge in [-0.05, 0) is 36.6 Å². The van der Waals surface area contributed by atoms with Crippen molar-refractivity contribution in [2.45, 2.75) is 37.0 Å². The number of carbonyl (C=O) groups excluding carboxylic acids is 1. The van der Waals surface area contributed by atoms with Crippen LogP contribution >= 0.6 is 34.5 Å². The van der Waals surface area contributed by atoms with Crippen molar-refractivity contribution < 1.29 is 27.2 Å². The Morgan fingerprint density at radius 1 is 1.32 bits per heavy atom. The zero-order valence-electron chi connectivity index (χ0n) is 19.8. The van der Waals surface area contributed by atoms with Gasteiger partial charge in [0.15, 0.2) is 0 Å². The predicted octanol–water partition coefficient (Wildman–Crippen LogP) is 3.51. The Balaban J connectivity index is 1.36. The highest BCUT2D eigenvalue weighted by atomic mass is 35.5. The number of rotatable bonds is 9. The van der Waals surface area contributed by atoms with Gasteiger partial charge < -0.3 is 15.2 Å². The molecule has 1 aliphatic heterocycles. The molecule has 5 rings (SSSR count). The van der Waals surface area contributed by atoms with Crippen LogP contribution in [0.3, 0.4) is 0 Å². The first-order valence-corrected chi connectivity index (χ1v) is 14.8. The third-order valence-electron chi connectivity index (χ3n) is 6.84. The average Bonchev–Trinajstić information content (AvgIpc) is 3.39. The normalized spacial score (nSPS) is 25.2. The van der Waals surface area contributed by atoms with Crippen molar-refractivity contribution in [3.05, 3.63) is 73.8 Å². The summed E-state index contributed by atoms with van der Waals surface area (Å²) < 4.78 is 33.3. The number of carbonyl (C=O) groups is 1. The third kappa shape index (κ3) is 5.58. The molecule has 2 aromatic heterocycles. The van der Waals surface area contributed by atoms with Crippen LogP contribution in [0.15, 0.2) is 42.9 Å². The van der Waals surface area contributed by atoms with Gasteiger partial charge in [0.25, 0.3) is 0 Å². The lowest BCUT2D eigenvalue weighted by molar-refractivity contribution is -0.123. The molecule has 4 atom stereocenters. The molecular formula is C24H24Cl2N4O6S2. The maximum atomic E-state index is 13.6. The van der Waals surface area contributed by atoms with Crippen LogP contribution in [0.2, 0.25) is 9.36 Å². The summed E-state index contributed by atoms with van der Waals surface area (Å²) in [5.41, 5.74) is 1.02. The second-order valence-corrected chi connectivity index (χ2v) is 12.6. The fourth-order valence-electron chi connectivity index (χ4n) is 4.92. The lowest BCUT2D eigenvalue weighted by Crippen LogP contribution is -2.41. The van der Waals surface area contributed by atoms with Gasteiger partial charge in [-0.3, -0.25) is 8.98 Å². The van der Waals surface area contributed by atoms with E-state index in [-0.39, 0.29) is 24.0 Å². The van der Waals surface area contributed by atoms with Gasteiger partial charge in [-0.25, -0.2) is 15.1 Å². The number of hydrogen-bond donors (Lipinski definition) is 3. The van der Waals surface area contributed by atoms with E-state index in [0.29, 0.717) is 51.5 Å². The van der Waals surface area contributed by atoms with E-state index >= 15 is 0 Å². The molecule has 38 heavy (non-hydrogen) atoms. The number of halogens is 2. The smallest absolute Gasteiger partial charge is 0.333 e. The Bertz CT molecular complexity index is 1460. The third-order valence-corrected chi connectivity index (χ3v) is 8.90. The summed E-state index contributed by atoms with van der Waals surface area (Å²) in [6.45, 7) is 0.319. The quantitative estimate of drug-likeness (QED) is 0.314. The molecule has 0 spiro atoms. The van der Waals surface area contributed by atoms with Crippen molar-refractivity contribution in [1.82, 2.24) is 9.97 Å². The van der Waals surface area contributed by atoms with Gasteiger partial charge in [-0.15, -0.1) is 11.3 Å². The number of nitrogens with one attached hydrogen (secondary N) is 1. The lowest BCUT2D eigenvalue weighted by Gasteiger charge is -2.42. The SMILES string of the molecule is NS(=O)(=O)OC[C@H]1C[C@@H](Nc2ncncc2C(=O)c2cc([C@]3(c4cccc(Cl)c4)CCO3)c(Cl)s2)C[C@@H]1O. The van der Waals surface area contributed by atoms with Crippen LogP contribution in [0.25, 0.3) is 0 Å². The molecule has 0 bridgehead atoms. The summed E-state index contributed by atoms with van der Waals surface area (Å²) >= 11 is 14.0. The molecule has 2 fully saturated rings. The van der Waals surface area contributed by atoms with Gasteiger partial charge >= 0.3 is 10.3 Å². The Morgan fingerprint density at radius 2 is 2.11 bits per heavy atom. The van der Waals surface area contributed by atoms with Crippen LogP contribution in [0.5, 0.6) is 0 Å². The van der Waals surface area contributed by atoms with Crippen molar-refractivity contribution in [3.63, 3.8) is 0 Å². The summed E-state index contributed by atoms with van der Waals surface area (Å²) in [7, 11) is -4.11. The Kier molecular flexibility index (Phi) is 7.77. The molecule has 3 aromatic rings. The van der Waals surface area contributed by atoms with Crippen LogP contribution < -0.4 is 10.5 Å². The van der Waals surface area contributed by atoms with Gasteiger partial charge in [-0.2, -0.15) is 8.42 Å². The average molecular weight is 600 g/mol. The molecule has 3 heterocycles. The van der Waals surface area contributed by atoms with Crippen LogP contribution in [-0.2, 0) is 24.8 Å². The second-order valence-electron chi connectivity index (χ2n) is 9.27. The van der Waals surface area contributed by atoms with E-state index in [1.807, 2.05) is 18.2 Å². The van der Waals surface area contributed by atoms with Crippen molar-refractivity contribution in [3.8, 4) is 0 Å². The largest absolute Gasteiger partial charge is 0.393 e. The van der Waals surface area contributed by atoms with E-state index < -0.39 is 27.9 Å². The number of aromatic nitrogens is 2. The molecule has 14 heteroatoms. The zero-order chi connectivity index (χ0) is 27.1. The molecule has 1 aromatic carbocycles. The lowest BCUT2D eigenvalue weighted by atomic mass is 9.81. The molecule has 4 N–H and O–H groups in total. The molecule has 0 amide bonds. The molecule has 10 nitrogen and oxygen atoms in total. The fourth-order valence-corrected chi connectivity index (χ4v) is 6.83. The maximum absolute atomic E-state index is 13.6. The number of aliphatic hydroxyl groups excluding tert-OH is 1. The summed E-state index contributed by atoms with van der Waals surface area (Å²) in [4.78, 5) is 22.3. The summed E-state index contributed by atoms with van der Waals surface area (Å²) in [6, 6.07) is 8.84. The Hall–Kier alpha value is -2.16. The van der Waals surface area contributed by atoms with Crippen molar-refractivity contribution in [2.75, 3.05) is 18.5 Å². The Morgan fingerprint density at radius 3 is 2.79 bits per heavy atom. The van der Waals surface area contributed by atoms with Gasteiger partial charge in [0.2, 0.25) is 5.78 Å². The first-order chi connectivity index (χ1) is 18.1. The number of thiophene rings is 1. The molecule has 1 saturated heterocycles. The number of nitrogens with two attached hydrogens (primary N) is 1. The molecular weight excluding hydrogens is 575 g/mol.